The summed E-state index contributed by atoms with van der Waals surface area (Å²) in [5.74, 6) is -1.97. The van der Waals surface area contributed by atoms with Crippen LogP contribution in [0.1, 0.15) is 132 Å². The van der Waals surface area contributed by atoms with Crippen molar-refractivity contribution in [3.05, 3.63) is 11.6 Å². The molecule has 3 N–H and O–H groups in total. The smallest absolute Gasteiger partial charge is 0.312 e. The van der Waals surface area contributed by atoms with Gasteiger partial charge in [0.1, 0.15) is 30.0 Å². The Kier molecular flexibility index (Phi) is 15.9. The summed E-state index contributed by atoms with van der Waals surface area (Å²) in [7, 11) is 3.26. The minimum Gasteiger partial charge on any atom is -0.462 e. The van der Waals surface area contributed by atoms with Gasteiger partial charge in [-0.05, 0) is 82.1 Å². The number of aliphatic hydroxyl groups excluding tert-OH is 2. The van der Waals surface area contributed by atoms with Crippen LogP contribution in [0.25, 0.3) is 0 Å². The van der Waals surface area contributed by atoms with Gasteiger partial charge in [-0.3, -0.25) is 4.79 Å². The Morgan fingerprint density at radius 2 is 1.55 bits per heavy atom. The second-order valence-electron chi connectivity index (χ2n) is 20.5. The Hall–Kier alpha value is -1.27. The number of carbonyl (C=O) groups excluding carboxylic acids is 1. The highest BCUT2D eigenvalue weighted by Crippen LogP contribution is 2.51. The van der Waals surface area contributed by atoms with Gasteiger partial charge >= 0.3 is 5.97 Å². The zero-order valence-corrected chi connectivity index (χ0v) is 39.1. The second kappa shape index (κ2) is 20.3. The molecule has 5 saturated heterocycles. The van der Waals surface area contributed by atoms with Crippen molar-refractivity contribution in [1.29, 1.82) is 0 Å². The van der Waals surface area contributed by atoms with Gasteiger partial charge in [0.15, 0.2) is 18.4 Å². The quantitative estimate of drug-likeness (QED) is 0.192. The third-order valence-corrected chi connectivity index (χ3v) is 16.1. The summed E-state index contributed by atoms with van der Waals surface area (Å²) in [6.45, 7) is 16.9. The normalized spacial score (nSPS) is 50.9. The van der Waals surface area contributed by atoms with Crippen LogP contribution in [0.3, 0.4) is 0 Å². The van der Waals surface area contributed by atoms with Gasteiger partial charge < -0.3 is 62.7 Å². The van der Waals surface area contributed by atoms with Crippen molar-refractivity contribution in [2.24, 2.45) is 35.5 Å². The van der Waals surface area contributed by atoms with Gasteiger partial charge in [-0.2, -0.15) is 0 Å². The number of hydrogen-bond acceptors (Lipinski definition) is 14. The lowest BCUT2D eigenvalue weighted by molar-refractivity contribution is -0.341. The highest BCUT2D eigenvalue weighted by atomic mass is 16.7. The minimum absolute atomic E-state index is 0.0175. The maximum atomic E-state index is 14.5. The van der Waals surface area contributed by atoms with Gasteiger partial charge in [-0.1, -0.05) is 53.5 Å². The molecule has 1 spiro atoms. The van der Waals surface area contributed by atoms with Crippen LogP contribution in [0.15, 0.2) is 11.6 Å². The fourth-order valence-corrected chi connectivity index (χ4v) is 12.1. The summed E-state index contributed by atoms with van der Waals surface area (Å²) in [4.78, 5) is 14.5. The molecule has 0 aromatic carbocycles. The highest BCUT2D eigenvalue weighted by molar-refractivity contribution is 5.75. The van der Waals surface area contributed by atoms with Crippen LogP contribution in [0.4, 0.5) is 0 Å². The summed E-state index contributed by atoms with van der Waals surface area (Å²) >= 11 is 0. The molecule has 2 unspecified atom stereocenters. The van der Waals surface area contributed by atoms with E-state index in [1.807, 2.05) is 20.8 Å². The second-order valence-corrected chi connectivity index (χ2v) is 20.5. The zero-order valence-electron chi connectivity index (χ0n) is 39.1. The average molecular weight is 881 g/mol. The topological polar surface area (TPSA) is 170 Å². The molecular formula is C48H80O14. The molecule has 0 aromatic heterocycles. The number of hydrogen-bond donors (Lipinski definition) is 3. The van der Waals surface area contributed by atoms with Crippen LogP contribution >= 0.6 is 0 Å². The zero-order chi connectivity index (χ0) is 44.7. The van der Waals surface area contributed by atoms with Gasteiger partial charge in [0.05, 0.1) is 61.4 Å². The van der Waals surface area contributed by atoms with Crippen molar-refractivity contribution in [3.8, 4) is 0 Å². The third-order valence-electron chi connectivity index (χ3n) is 16.1. The number of aliphatic hydroxyl groups is 3. The van der Waals surface area contributed by atoms with Crippen LogP contribution in [0.2, 0.25) is 0 Å². The SMILES string of the molecule is CC[C@H](C)[C@H]1O[C@]2(CC[C@@H]1C)C[C@@H]1C[C@@H](C/C=C(\C)[C@@H](O[C@H]3C[C@H](OC)[C@@H](O[C@H]4C[C@H](OC)[C@@H](O)[C@H](C)O4)[C@H](C)O3)[C@@H](C)CCCC3CO[C@@H]4[C@H](O)C(C)C[C@@H](C(=O)O1)[C@]34O)O2. The van der Waals surface area contributed by atoms with Crippen LogP contribution in [0.5, 0.6) is 0 Å². The Labute approximate surface area is 370 Å². The first kappa shape index (κ1) is 48.7. The van der Waals surface area contributed by atoms with Crippen molar-refractivity contribution >= 4 is 5.97 Å². The van der Waals surface area contributed by atoms with Gasteiger partial charge in [0.2, 0.25) is 0 Å². The fourth-order valence-electron chi connectivity index (χ4n) is 12.1. The lowest BCUT2D eigenvalue weighted by Crippen LogP contribution is -2.63. The molecule has 356 valence electrons. The van der Waals surface area contributed by atoms with E-state index in [1.165, 1.54) is 0 Å². The Morgan fingerprint density at radius 3 is 2.27 bits per heavy atom. The van der Waals surface area contributed by atoms with Gasteiger partial charge in [-0.25, -0.2) is 0 Å². The molecule has 14 heteroatoms. The Balaban J connectivity index is 1.14. The van der Waals surface area contributed by atoms with E-state index in [1.54, 1.807) is 14.2 Å². The standard InChI is InChI=1S/C48H80O14/c1-11-25(2)43-28(5)17-18-47(62-43)23-34-20-33(61-47)16-15-27(4)42(26(3)13-12-14-32-24-55-45-40(49)29(6)19-35(46(51)58-34)48(32,45)52)59-39-22-37(54-10)44(31(8)57-39)60-38-21-36(53-9)41(50)30(7)56-38/h15,25-26,28-45,49-50,52H,11-14,16-24H2,1-10H3/b27-15+/t25-,26-,28-,29?,30-,31-,32?,33+,34-,35-,36-,37-,38-,39-,40+,41-,42-,43+,44-,45+,47+,48+/m0/s1. The molecule has 2 bridgehead atoms. The predicted octanol–water partition coefficient (Wildman–Crippen LogP) is 5.99. The first-order valence-corrected chi connectivity index (χ1v) is 24.1. The van der Waals surface area contributed by atoms with E-state index in [0.717, 1.165) is 31.3 Å². The molecule has 1 aliphatic carbocycles. The summed E-state index contributed by atoms with van der Waals surface area (Å²) in [6, 6.07) is 0. The van der Waals surface area contributed by atoms with Gasteiger partial charge in [0.25, 0.3) is 0 Å². The predicted molar refractivity (Wildman–Crippen MR) is 228 cm³/mol. The number of methoxy groups -OCH3 is 2. The van der Waals surface area contributed by atoms with Crippen molar-refractivity contribution in [2.75, 3.05) is 20.8 Å². The molecule has 0 radical (unpaired) electrons. The molecule has 14 nitrogen and oxygen atoms in total. The summed E-state index contributed by atoms with van der Waals surface area (Å²) < 4.78 is 64.4. The number of carbonyl (C=O) groups is 1. The van der Waals surface area contributed by atoms with Gasteiger partial charge in [-0.15, -0.1) is 0 Å². The number of esters is 1. The van der Waals surface area contributed by atoms with Gasteiger partial charge in [0, 0.05) is 52.2 Å². The molecule has 6 aliphatic heterocycles. The van der Waals surface area contributed by atoms with Crippen molar-refractivity contribution in [2.45, 2.75) is 230 Å². The van der Waals surface area contributed by atoms with Crippen molar-refractivity contribution < 1.29 is 67.5 Å². The van der Waals surface area contributed by atoms with E-state index in [-0.39, 0.29) is 48.8 Å². The summed E-state index contributed by atoms with van der Waals surface area (Å²) in [5.41, 5.74) is -0.498. The maximum absolute atomic E-state index is 14.5. The third kappa shape index (κ3) is 10.0. The van der Waals surface area contributed by atoms with E-state index in [4.69, 9.17) is 47.4 Å². The molecule has 7 aliphatic rings. The molecule has 7 rings (SSSR count). The van der Waals surface area contributed by atoms with Crippen LogP contribution in [0, 0.1) is 35.5 Å². The maximum Gasteiger partial charge on any atom is 0.312 e. The minimum atomic E-state index is -1.56. The molecule has 1 saturated carbocycles. The lowest BCUT2D eigenvalue weighted by Gasteiger charge is -2.51. The summed E-state index contributed by atoms with van der Waals surface area (Å²) in [6.07, 6.45) is 2.88. The largest absolute Gasteiger partial charge is 0.462 e. The molecule has 6 fully saturated rings. The number of ether oxygens (including phenoxy) is 10. The number of fused-ring (bicyclic) bond motifs is 2. The van der Waals surface area contributed by atoms with E-state index in [9.17, 15) is 20.1 Å². The Morgan fingerprint density at radius 1 is 0.839 bits per heavy atom. The highest BCUT2D eigenvalue weighted by Gasteiger charge is 2.64. The van der Waals surface area contributed by atoms with Crippen LogP contribution < -0.4 is 0 Å². The first-order valence-electron chi connectivity index (χ1n) is 24.1. The fraction of sp³-hybridized carbons (Fsp3) is 0.938. The molecule has 0 aromatic rings. The number of rotatable bonds is 8. The van der Waals surface area contributed by atoms with Crippen LogP contribution in [-0.4, -0.2) is 139 Å². The molecule has 22 atom stereocenters. The van der Waals surface area contributed by atoms with Crippen molar-refractivity contribution in [3.63, 3.8) is 0 Å². The van der Waals surface area contributed by atoms with E-state index in [0.29, 0.717) is 63.2 Å². The molecule has 62 heavy (non-hydrogen) atoms. The van der Waals surface area contributed by atoms with Crippen LogP contribution in [-0.2, 0) is 52.2 Å². The lowest BCUT2D eigenvalue weighted by atomic mass is 9.63. The molecular weight excluding hydrogens is 801 g/mol. The Bertz CT molecular complexity index is 1510. The molecule has 6 heterocycles. The molecule has 0 amide bonds. The van der Waals surface area contributed by atoms with E-state index in [2.05, 4.69) is 40.7 Å². The van der Waals surface area contributed by atoms with E-state index < -0.39 is 84.7 Å². The van der Waals surface area contributed by atoms with E-state index >= 15 is 0 Å². The average Bonchev–Trinajstić information content (AvgIpc) is 3.58. The first-order chi connectivity index (χ1) is 29.5. The monoisotopic (exact) mass is 881 g/mol. The van der Waals surface area contributed by atoms with Crippen molar-refractivity contribution in [1.82, 2.24) is 0 Å². The summed E-state index contributed by atoms with van der Waals surface area (Å²) in [5, 5.41) is 34.5.